The summed E-state index contributed by atoms with van der Waals surface area (Å²) >= 11 is 1.53. The molecule has 0 radical (unpaired) electrons. The van der Waals surface area contributed by atoms with Gasteiger partial charge >= 0.3 is 0 Å². The zero-order valence-corrected chi connectivity index (χ0v) is 14.6. The zero-order chi connectivity index (χ0) is 18.1. The first-order valence-electron chi connectivity index (χ1n) is 7.84. The fourth-order valence-electron chi connectivity index (χ4n) is 2.58. The maximum Gasteiger partial charge on any atom is 0.271 e. The molecule has 0 saturated heterocycles. The summed E-state index contributed by atoms with van der Waals surface area (Å²) in [6, 6.07) is 12.5. The molecule has 0 unspecified atom stereocenters. The van der Waals surface area contributed by atoms with Gasteiger partial charge in [0.1, 0.15) is 0 Å². The van der Waals surface area contributed by atoms with Gasteiger partial charge in [0.2, 0.25) is 0 Å². The summed E-state index contributed by atoms with van der Waals surface area (Å²) in [5.41, 5.74) is 4.24. The van der Waals surface area contributed by atoms with Crippen LogP contribution in [0.1, 0.15) is 11.3 Å². The molecule has 0 saturated carbocycles. The van der Waals surface area contributed by atoms with Gasteiger partial charge in [-0.25, -0.2) is 9.67 Å². The largest absolute Gasteiger partial charge is 0.333 e. The van der Waals surface area contributed by atoms with E-state index in [0.29, 0.717) is 11.4 Å². The SMILES string of the molecule is Cc1ccc([N+](=O)[O-])cc1-n1cc(CSc2nc3ccccc3[nH]2)nn1. The lowest BCUT2D eigenvalue weighted by atomic mass is 10.2. The number of rotatable bonds is 5. The molecular weight excluding hydrogens is 352 g/mol. The van der Waals surface area contributed by atoms with Crippen LogP contribution in [-0.2, 0) is 5.75 Å². The van der Waals surface area contributed by atoms with E-state index < -0.39 is 4.92 Å². The van der Waals surface area contributed by atoms with Gasteiger partial charge in [0.15, 0.2) is 5.16 Å². The monoisotopic (exact) mass is 366 g/mol. The average Bonchev–Trinajstić information content (AvgIpc) is 3.26. The molecule has 0 atom stereocenters. The molecular formula is C17H14N6O2S. The molecule has 0 bridgehead atoms. The average molecular weight is 366 g/mol. The second kappa shape index (κ2) is 6.60. The van der Waals surface area contributed by atoms with E-state index in [-0.39, 0.29) is 5.69 Å². The van der Waals surface area contributed by atoms with Crippen LogP contribution in [0.15, 0.2) is 53.8 Å². The molecule has 0 spiro atoms. The first-order chi connectivity index (χ1) is 12.6. The van der Waals surface area contributed by atoms with Gasteiger partial charge in [-0.2, -0.15) is 0 Å². The van der Waals surface area contributed by atoms with Crippen molar-refractivity contribution in [2.75, 3.05) is 0 Å². The van der Waals surface area contributed by atoms with E-state index in [1.54, 1.807) is 16.9 Å². The summed E-state index contributed by atoms with van der Waals surface area (Å²) in [4.78, 5) is 18.3. The molecule has 26 heavy (non-hydrogen) atoms. The third-order valence-electron chi connectivity index (χ3n) is 3.92. The first-order valence-corrected chi connectivity index (χ1v) is 8.83. The van der Waals surface area contributed by atoms with Crippen LogP contribution in [-0.4, -0.2) is 29.9 Å². The second-order valence-corrected chi connectivity index (χ2v) is 6.69. The lowest BCUT2D eigenvalue weighted by Crippen LogP contribution is -1.99. The zero-order valence-electron chi connectivity index (χ0n) is 13.8. The number of hydrogen-bond donors (Lipinski definition) is 1. The number of fused-ring (bicyclic) bond motifs is 1. The third-order valence-corrected chi connectivity index (χ3v) is 4.82. The van der Waals surface area contributed by atoms with E-state index >= 15 is 0 Å². The Hall–Kier alpha value is -3.20. The Bertz CT molecular complexity index is 1070. The molecule has 0 amide bonds. The number of imidazole rings is 1. The maximum absolute atomic E-state index is 11.0. The minimum absolute atomic E-state index is 0.0271. The Morgan fingerprint density at radius 2 is 2.12 bits per heavy atom. The number of aryl methyl sites for hydroxylation is 1. The molecule has 2 aromatic carbocycles. The number of H-pyrrole nitrogens is 1. The van der Waals surface area contributed by atoms with Crippen molar-refractivity contribution < 1.29 is 4.92 Å². The van der Waals surface area contributed by atoms with Crippen molar-refractivity contribution in [3.05, 3.63) is 70.0 Å². The molecule has 8 nitrogen and oxygen atoms in total. The van der Waals surface area contributed by atoms with Gasteiger partial charge in [0, 0.05) is 17.9 Å². The van der Waals surface area contributed by atoms with Crippen LogP contribution in [0.4, 0.5) is 5.69 Å². The number of nitro groups is 1. The molecule has 0 aliphatic carbocycles. The minimum Gasteiger partial charge on any atom is -0.333 e. The van der Waals surface area contributed by atoms with E-state index in [9.17, 15) is 10.1 Å². The summed E-state index contributed by atoms with van der Waals surface area (Å²) < 4.78 is 1.57. The molecule has 9 heteroatoms. The van der Waals surface area contributed by atoms with Gasteiger partial charge in [0.25, 0.3) is 5.69 Å². The fraction of sp³-hybridized carbons (Fsp3) is 0.118. The predicted octanol–water partition coefficient (Wildman–Crippen LogP) is 3.65. The number of aromatic amines is 1. The molecule has 0 aliphatic heterocycles. The maximum atomic E-state index is 11.0. The molecule has 4 rings (SSSR count). The van der Waals surface area contributed by atoms with Crippen LogP contribution < -0.4 is 0 Å². The van der Waals surface area contributed by atoms with E-state index in [1.807, 2.05) is 31.2 Å². The highest BCUT2D eigenvalue weighted by Gasteiger charge is 2.12. The lowest BCUT2D eigenvalue weighted by Gasteiger charge is -2.04. The highest BCUT2D eigenvalue weighted by atomic mass is 32.2. The fourth-order valence-corrected chi connectivity index (χ4v) is 3.34. The van der Waals surface area contributed by atoms with E-state index in [1.165, 1.54) is 23.9 Å². The van der Waals surface area contributed by atoms with Gasteiger partial charge in [-0.1, -0.05) is 35.2 Å². The smallest absolute Gasteiger partial charge is 0.271 e. The third kappa shape index (κ3) is 3.16. The molecule has 1 N–H and O–H groups in total. The summed E-state index contributed by atoms with van der Waals surface area (Å²) in [5.74, 6) is 0.591. The Morgan fingerprint density at radius 3 is 2.92 bits per heavy atom. The van der Waals surface area contributed by atoms with Crippen LogP contribution in [0.3, 0.4) is 0 Å². The predicted molar refractivity (Wildman–Crippen MR) is 98.4 cm³/mol. The van der Waals surface area contributed by atoms with Gasteiger partial charge in [-0.15, -0.1) is 5.10 Å². The second-order valence-electron chi connectivity index (χ2n) is 5.73. The van der Waals surface area contributed by atoms with E-state index in [0.717, 1.165) is 27.4 Å². The molecule has 2 heterocycles. The van der Waals surface area contributed by atoms with Crippen molar-refractivity contribution in [1.29, 1.82) is 0 Å². The summed E-state index contributed by atoms with van der Waals surface area (Å²) in [5, 5.41) is 20.1. The van der Waals surface area contributed by atoms with Gasteiger partial charge < -0.3 is 4.98 Å². The first kappa shape index (κ1) is 16.3. The van der Waals surface area contributed by atoms with Gasteiger partial charge in [0.05, 0.1) is 33.5 Å². The molecule has 0 fully saturated rings. The summed E-state index contributed by atoms with van der Waals surface area (Å²) in [6.45, 7) is 1.88. The number of aromatic nitrogens is 5. The summed E-state index contributed by atoms with van der Waals surface area (Å²) in [7, 11) is 0. The van der Waals surface area contributed by atoms with Crippen LogP contribution in [0, 0.1) is 17.0 Å². The van der Waals surface area contributed by atoms with Crippen molar-refractivity contribution in [3.63, 3.8) is 0 Å². The summed E-state index contributed by atoms with van der Waals surface area (Å²) in [6.07, 6.45) is 1.78. The Balaban J connectivity index is 1.53. The number of thioether (sulfide) groups is 1. The van der Waals surface area contributed by atoms with Crippen molar-refractivity contribution in [3.8, 4) is 5.69 Å². The molecule has 0 aliphatic rings. The Labute approximate surface area is 152 Å². The molecule has 2 aromatic heterocycles. The number of non-ortho nitro benzene ring substituents is 1. The van der Waals surface area contributed by atoms with Crippen LogP contribution in [0.2, 0.25) is 0 Å². The molecule has 4 aromatic rings. The minimum atomic E-state index is -0.418. The van der Waals surface area contributed by atoms with E-state index in [4.69, 9.17) is 0 Å². The van der Waals surface area contributed by atoms with Crippen molar-refractivity contribution >= 4 is 28.5 Å². The number of nitrogens with one attached hydrogen (secondary N) is 1. The number of nitro benzene ring substituents is 1. The number of para-hydroxylation sites is 2. The standard InChI is InChI=1S/C17H14N6O2S/c1-11-6-7-13(23(24)25)8-16(11)22-9-12(20-21-22)10-26-17-18-14-4-2-3-5-15(14)19-17/h2-9H,10H2,1H3,(H,18,19). The van der Waals surface area contributed by atoms with Gasteiger partial charge in [-0.05, 0) is 24.6 Å². The number of benzene rings is 2. The number of nitrogens with zero attached hydrogens (tertiary/aromatic N) is 5. The lowest BCUT2D eigenvalue weighted by molar-refractivity contribution is -0.384. The quantitative estimate of drug-likeness (QED) is 0.328. The van der Waals surface area contributed by atoms with Crippen LogP contribution in [0.5, 0.6) is 0 Å². The van der Waals surface area contributed by atoms with Crippen LogP contribution in [0.25, 0.3) is 16.7 Å². The number of hydrogen-bond acceptors (Lipinski definition) is 6. The topological polar surface area (TPSA) is 103 Å². The Morgan fingerprint density at radius 1 is 1.27 bits per heavy atom. The Kier molecular flexibility index (Phi) is 4.13. The van der Waals surface area contributed by atoms with Crippen LogP contribution >= 0.6 is 11.8 Å². The normalized spacial score (nSPS) is 11.1. The highest BCUT2D eigenvalue weighted by molar-refractivity contribution is 7.98. The van der Waals surface area contributed by atoms with Crippen molar-refractivity contribution in [2.45, 2.75) is 17.8 Å². The van der Waals surface area contributed by atoms with Crippen molar-refractivity contribution in [2.24, 2.45) is 0 Å². The van der Waals surface area contributed by atoms with Gasteiger partial charge in [-0.3, -0.25) is 10.1 Å². The van der Waals surface area contributed by atoms with E-state index in [2.05, 4.69) is 20.3 Å². The highest BCUT2D eigenvalue weighted by Crippen LogP contribution is 2.24. The molecule has 130 valence electrons. The van der Waals surface area contributed by atoms with Crippen molar-refractivity contribution in [1.82, 2.24) is 25.0 Å².